The Balaban J connectivity index is 2.17. The van der Waals surface area contributed by atoms with Gasteiger partial charge in [0, 0.05) is 0 Å². The molecule has 0 heterocycles. The quantitative estimate of drug-likeness (QED) is 0.494. The number of benzene rings is 1. The van der Waals surface area contributed by atoms with Gasteiger partial charge in [0.05, 0.1) is 13.2 Å². The lowest BCUT2D eigenvalue weighted by molar-refractivity contribution is 0.124. The third kappa shape index (κ3) is 4.48. The zero-order valence-electron chi connectivity index (χ0n) is 8.12. The highest BCUT2D eigenvalue weighted by Gasteiger charge is 1.91. The van der Waals surface area contributed by atoms with Crippen LogP contribution >= 0.6 is 0 Å². The number of rotatable bonds is 5. The maximum absolute atomic E-state index is 5.47. The minimum absolute atomic E-state index is 0.702. The van der Waals surface area contributed by atoms with E-state index in [0.717, 1.165) is 13.0 Å². The van der Waals surface area contributed by atoms with Crippen molar-refractivity contribution in [2.45, 2.75) is 20.0 Å². The highest BCUT2D eigenvalue weighted by Crippen LogP contribution is 2.02. The van der Waals surface area contributed by atoms with Gasteiger partial charge in [-0.15, -0.1) is 6.58 Å². The summed E-state index contributed by atoms with van der Waals surface area (Å²) < 4.78 is 5.47. The van der Waals surface area contributed by atoms with Crippen LogP contribution in [0.3, 0.4) is 0 Å². The van der Waals surface area contributed by atoms with E-state index in [-0.39, 0.29) is 0 Å². The molecule has 1 heteroatoms. The molecule has 1 rings (SSSR count). The van der Waals surface area contributed by atoms with Gasteiger partial charge in [-0.05, 0) is 18.9 Å². The van der Waals surface area contributed by atoms with E-state index in [1.165, 1.54) is 11.1 Å². The predicted octanol–water partition coefficient (Wildman–Crippen LogP) is 3.17. The number of hydrogen-bond donors (Lipinski definition) is 0. The minimum atomic E-state index is 0.702. The first-order valence-electron chi connectivity index (χ1n) is 4.55. The topological polar surface area (TPSA) is 9.23 Å². The van der Waals surface area contributed by atoms with Gasteiger partial charge < -0.3 is 4.74 Å². The lowest BCUT2D eigenvalue weighted by atomic mass is 10.2. The van der Waals surface area contributed by atoms with E-state index >= 15 is 0 Å². The Morgan fingerprint density at radius 3 is 2.62 bits per heavy atom. The Bertz CT molecular complexity index is 251. The van der Waals surface area contributed by atoms with Crippen LogP contribution < -0.4 is 0 Å². The molecule has 0 aromatic heterocycles. The standard InChI is InChI=1S/C12H16O/c1-11(2)8-9-13-10-12-6-4-3-5-7-12/h3-7H,1,8-10H2,2H3. The molecule has 0 aliphatic rings. The van der Waals surface area contributed by atoms with Crippen molar-refractivity contribution >= 4 is 0 Å². The summed E-state index contributed by atoms with van der Waals surface area (Å²) in [6.07, 6.45) is 0.951. The molecule has 0 unspecified atom stereocenters. The van der Waals surface area contributed by atoms with E-state index in [1.54, 1.807) is 0 Å². The fourth-order valence-corrected chi connectivity index (χ4v) is 1.01. The zero-order chi connectivity index (χ0) is 9.52. The average molecular weight is 176 g/mol. The van der Waals surface area contributed by atoms with Crippen LogP contribution in [0.4, 0.5) is 0 Å². The minimum Gasteiger partial charge on any atom is -0.376 e. The van der Waals surface area contributed by atoms with Crippen molar-refractivity contribution in [3.63, 3.8) is 0 Å². The van der Waals surface area contributed by atoms with Gasteiger partial charge in [-0.25, -0.2) is 0 Å². The van der Waals surface area contributed by atoms with Crippen molar-refractivity contribution in [2.75, 3.05) is 6.61 Å². The fourth-order valence-electron chi connectivity index (χ4n) is 1.01. The molecule has 0 N–H and O–H groups in total. The number of hydrogen-bond acceptors (Lipinski definition) is 1. The Morgan fingerprint density at radius 2 is 2.00 bits per heavy atom. The van der Waals surface area contributed by atoms with Gasteiger partial charge in [-0.1, -0.05) is 35.9 Å². The Kier molecular flexibility index (Phi) is 4.27. The third-order valence-electron chi connectivity index (χ3n) is 1.78. The third-order valence-corrected chi connectivity index (χ3v) is 1.78. The smallest absolute Gasteiger partial charge is 0.0717 e. The van der Waals surface area contributed by atoms with Crippen molar-refractivity contribution in [2.24, 2.45) is 0 Å². The Morgan fingerprint density at radius 1 is 1.31 bits per heavy atom. The van der Waals surface area contributed by atoms with Gasteiger partial charge in [-0.2, -0.15) is 0 Å². The summed E-state index contributed by atoms with van der Waals surface area (Å²) in [6.45, 7) is 7.31. The molecule has 0 aliphatic heterocycles. The normalized spacial score (nSPS) is 9.92. The van der Waals surface area contributed by atoms with Crippen molar-refractivity contribution in [3.05, 3.63) is 48.0 Å². The van der Waals surface area contributed by atoms with Crippen LogP contribution in [0.1, 0.15) is 18.9 Å². The van der Waals surface area contributed by atoms with Gasteiger partial charge in [0.15, 0.2) is 0 Å². The summed E-state index contributed by atoms with van der Waals surface area (Å²) in [7, 11) is 0. The Hall–Kier alpha value is -1.08. The molecule has 0 radical (unpaired) electrons. The monoisotopic (exact) mass is 176 g/mol. The van der Waals surface area contributed by atoms with Gasteiger partial charge in [0.2, 0.25) is 0 Å². The lowest BCUT2D eigenvalue weighted by Crippen LogP contribution is -1.95. The highest BCUT2D eigenvalue weighted by molar-refractivity contribution is 5.13. The first kappa shape index (κ1) is 10.0. The van der Waals surface area contributed by atoms with Crippen molar-refractivity contribution < 1.29 is 4.74 Å². The van der Waals surface area contributed by atoms with Gasteiger partial charge in [-0.3, -0.25) is 0 Å². The lowest BCUT2D eigenvalue weighted by Gasteiger charge is -2.03. The summed E-state index contributed by atoms with van der Waals surface area (Å²) in [5.41, 5.74) is 2.40. The highest BCUT2D eigenvalue weighted by atomic mass is 16.5. The van der Waals surface area contributed by atoms with Crippen LogP contribution in [-0.2, 0) is 11.3 Å². The maximum Gasteiger partial charge on any atom is 0.0717 e. The molecule has 0 saturated heterocycles. The van der Waals surface area contributed by atoms with E-state index in [0.29, 0.717) is 6.61 Å². The molecule has 0 saturated carbocycles. The van der Waals surface area contributed by atoms with Gasteiger partial charge in [0.25, 0.3) is 0 Å². The van der Waals surface area contributed by atoms with E-state index in [2.05, 4.69) is 18.7 Å². The molecule has 0 bridgehead atoms. The van der Waals surface area contributed by atoms with Crippen LogP contribution in [0.25, 0.3) is 0 Å². The molecule has 0 amide bonds. The maximum atomic E-state index is 5.47. The van der Waals surface area contributed by atoms with Crippen LogP contribution in [0, 0.1) is 0 Å². The first-order chi connectivity index (χ1) is 6.29. The summed E-state index contributed by atoms with van der Waals surface area (Å²) in [5, 5.41) is 0. The van der Waals surface area contributed by atoms with E-state index in [4.69, 9.17) is 4.74 Å². The molecule has 1 nitrogen and oxygen atoms in total. The summed E-state index contributed by atoms with van der Waals surface area (Å²) >= 11 is 0. The van der Waals surface area contributed by atoms with Gasteiger partial charge in [0.1, 0.15) is 0 Å². The second-order valence-electron chi connectivity index (χ2n) is 3.25. The molecular weight excluding hydrogens is 160 g/mol. The second-order valence-corrected chi connectivity index (χ2v) is 3.25. The molecular formula is C12H16O. The molecule has 1 aromatic rings. The predicted molar refractivity (Wildman–Crippen MR) is 55.5 cm³/mol. The van der Waals surface area contributed by atoms with Gasteiger partial charge >= 0.3 is 0 Å². The van der Waals surface area contributed by atoms with Crippen LogP contribution in [0.5, 0.6) is 0 Å². The van der Waals surface area contributed by atoms with Crippen molar-refractivity contribution in [1.82, 2.24) is 0 Å². The van der Waals surface area contributed by atoms with E-state index in [1.807, 2.05) is 25.1 Å². The molecule has 0 aliphatic carbocycles. The van der Waals surface area contributed by atoms with Crippen LogP contribution in [-0.4, -0.2) is 6.61 Å². The first-order valence-corrected chi connectivity index (χ1v) is 4.55. The van der Waals surface area contributed by atoms with E-state index in [9.17, 15) is 0 Å². The largest absolute Gasteiger partial charge is 0.376 e. The molecule has 70 valence electrons. The molecule has 0 spiro atoms. The summed E-state index contributed by atoms with van der Waals surface area (Å²) in [6, 6.07) is 10.2. The second kappa shape index (κ2) is 5.55. The molecule has 13 heavy (non-hydrogen) atoms. The molecule has 0 fully saturated rings. The molecule has 1 aromatic carbocycles. The zero-order valence-corrected chi connectivity index (χ0v) is 8.12. The van der Waals surface area contributed by atoms with E-state index < -0.39 is 0 Å². The SMILES string of the molecule is C=C(C)CCOCc1ccccc1. The summed E-state index contributed by atoms with van der Waals surface area (Å²) in [5.74, 6) is 0. The van der Waals surface area contributed by atoms with Crippen molar-refractivity contribution in [1.29, 1.82) is 0 Å². The molecule has 0 atom stereocenters. The fraction of sp³-hybridized carbons (Fsp3) is 0.333. The average Bonchev–Trinajstić information content (AvgIpc) is 2.14. The van der Waals surface area contributed by atoms with Crippen LogP contribution in [0.15, 0.2) is 42.5 Å². The van der Waals surface area contributed by atoms with Crippen molar-refractivity contribution in [3.8, 4) is 0 Å². The number of ether oxygens (including phenoxy) is 1. The summed E-state index contributed by atoms with van der Waals surface area (Å²) in [4.78, 5) is 0. The van der Waals surface area contributed by atoms with Crippen LogP contribution in [0.2, 0.25) is 0 Å². The Labute approximate surface area is 80.0 Å².